The first-order chi connectivity index (χ1) is 16.9. The van der Waals surface area contributed by atoms with Crippen molar-refractivity contribution in [2.75, 3.05) is 11.1 Å². The molecule has 4 aromatic rings. The van der Waals surface area contributed by atoms with E-state index in [0.717, 1.165) is 34.6 Å². The number of hydrogen-bond acceptors (Lipinski definition) is 7. The van der Waals surface area contributed by atoms with E-state index < -0.39 is 0 Å². The molecule has 0 saturated carbocycles. The Morgan fingerprint density at radius 3 is 2.14 bits per heavy atom. The molecule has 2 aromatic carbocycles. The zero-order valence-electron chi connectivity index (χ0n) is 19.4. The van der Waals surface area contributed by atoms with Gasteiger partial charge in [-0.05, 0) is 17.9 Å². The first kappa shape index (κ1) is 23.4. The van der Waals surface area contributed by atoms with Gasteiger partial charge in [-0.15, -0.1) is 0 Å². The molecule has 176 valence electrons. The Bertz CT molecular complexity index is 1330. The second-order valence-electron chi connectivity index (χ2n) is 9.23. The second-order valence-corrected chi connectivity index (χ2v) is 11.2. The van der Waals surface area contributed by atoms with E-state index in [1.807, 2.05) is 66.7 Å². The van der Waals surface area contributed by atoms with Gasteiger partial charge in [-0.3, -0.25) is 9.59 Å². The lowest BCUT2D eigenvalue weighted by Crippen LogP contribution is -2.26. The SMILES string of the molecule is CC1(C)CC(=O)c2sc(NC(=O)CSc3nc(-c4ccccc4)cc(-c4ccccc4)n3)nc2C1. The van der Waals surface area contributed by atoms with E-state index in [2.05, 4.69) is 24.1 Å². The Morgan fingerprint density at radius 1 is 0.943 bits per heavy atom. The lowest BCUT2D eigenvalue weighted by molar-refractivity contribution is -0.113. The van der Waals surface area contributed by atoms with Gasteiger partial charge in [-0.25, -0.2) is 15.0 Å². The maximum Gasteiger partial charge on any atom is 0.236 e. The van der Waals surface area contributed by atoms with Crippen LogP contribution in [0.4, 0.5) is 5.13 Å². The van der Waals surface area contributed by atoms with E-state index in [4.69, 9.17) is 9.97 Å². The van der Waals surface area contributed by atoms with Crippen LogP contribution in [0.2, 0.25) is 0 Å². The molecule has 1 aliphatic rings. The minimum atomic E-state index is -0.206. The summed E-state index contributed by atoms with van der Waals surface area (Å²) >= 11 is 2.54. The minimum Gasteiger partial charge on any atom is -0.301 e. The van der Waals surface area contributed by atoms with Gasteiger partial charge in [0.15, 0.2) is 16.1 Å². The molecular weight excluding hydrogens is 476 g/mol. The molecule has 8 heteroatoms. The van der Waals surface area contributed by atoms with Crippen LogP contribution >= 0.6 is 23.1 Å². The van der Waals surface area contributed by atoms with Gasteiger partial charge in [0.2, 0.25) is 5.91 Å². The molecule has 6 nitrogen and oxygen atoms in total. The third-order valence-electron chi connectivity index (χ3n) is 5.66. The standard InChI is InChI=1S/C27H24N4O2S2/c1-27(2)14-21-24(22(32)15-27)35-26(30-21)31-23(33)16-34-25-28-19(17-9-5-3-6-10-17)13-20(29-25)18-11-7-4-8-12-18/h3-13H,14-16H2,1-2H3,(H,30,31,33). The molecule has 2 heterocycles. The fourth-order valence-corrected chi connectivity index (χ4v) is 5.66. The van der Waals surface area contributed by atoms with Crippen LogP contribution < -0.4 is 5.32 Å². The van der Waals surface area contributed by atoms with Crippen LogP contribution in [0.5, 0.6) is 0 Å². The number of nitrogens with one attached hydrogen (secondary N) is 1. The van der Waals surface area contributed by atoms with E-state index in [-0.39, 0.29) is 22.9 Å². The van der Waals surface area contributed by atoms with Gasteiger partial charge in [0.25, 0.3) is 0 Å². The molecule has 1 N–H and O–H groups in total. The molecule has 0 radical (unpaired) electrons. The van der Waals surface area contributed by atoms with Gasteiger partial charge in [-0.1, -0.05) is 97.6 Å². The van der Waals surface area contributed by atoms with Gasteiger partial charge < -0.3 is 5.32 Å². The Labute approximate surface area is 212 Å². The van der Waals surface area contributed by atoms with Crippen molar-refractivity contribution in [1.29, 1.82) is 0 Å². The molecule has 1 amide bonds. The van der Waals surface area contributed by atoms with Gasteiger partial charge in [-0.2, -0.15) is 0 Å². The van der Waals surface area contributed by atoms with Gasteiger partial charge >= 0.3 is 0 Å². The number of anilines is 1. The van der Waals surface area contributed by atoms with Gasteiger partial charge in [0.1, 0.15) is 0 Å². The number of thiazole rings is 1. The summed E-state index contributed by atoms with van der Waals surface area (Å²) < 4.78 is 0. The van der Waals surface area contributed by atoms with Crippen LogP contribution in [0.1, 0.15) is 35.6 Å². The summed E-state index contributed by atoms with van der Waals surface area (Å²) in [6, 6.07) is 21.8. The Morgan fingerprint density at radius 2 is 1.54 bits per heavy atom. The van der Waals surface area contributed by atoms with Gasteiger partial charge in [0, 0.05) is 17.5 Å². The third-order valence-corrected chi connectivity index (χ3v) is 7.56. The average molecular weight is 501 g/mol. The molecule has 0 bridgehead atoms. The van der Waals surface area contributed by atoms with Gasteiger partial charge in [0.05, 0.1) is 27.7 Å². The second kappa shape index (κ2) is 9.71. The van der Waals surface area contributed by atoms with E-state index in [1.165, 1.54) is 23.1 Å². The lowest BCUT2D eigenvalue weighted by Gasteiger charge is -2.26. The number of carbonyl (C=O) groups is 2. The number of ketones is 1. The highest BCUT2D eigenvalue weighted by Crippen LogP contribution is 2.38. The first-order valence-corrected chi connectivity index (χ1v) is 13.1. The molecule has 0 saturated heterocycles. The molecule has 5 rings (SSSR count). The highest BCUT2D eigenvalue weighted by molar-refractivity contribution is 7.99. The van der Waals surface area contributed by atoms with Crippen molar-refractivity contribution in [1.82, 2.24) is 15.0 Å². The molecule has 35 heavy (non-hydrogen) atoms. The number of amides is 1. The summed E-state index contributed by atoms with van der Waals surface area (Å²) in [4.78, 5) is 39.7. The van der Waals surface area contributed by atoms with Crippen LogP contribution in [0, 0.1) is 5.41 Å². The number of Topliss-reactive ketones (excluding diaryl/α,β-unsaturated/α-hetero) is 1. The van der Waals surface area contributed by atoms with E-state index in [0.29, 0.717) is 21.6 Å². The molecule has 0 atom stereocenters. The molecule has 2 aromatic heterocycles. The van der Waals surface area contributed by atoms with Crippen molar-refractivity contribution < 1.29 is 9.59 Å². The van der Waals surface area contributed by atoms with Crippen LogP contribution in [0.25, 0.3) is 22.5 Å². The van der Waals surface area contributed by atoms with Crippen molar-refractivity contribution in [2.45, 2.75) is 31.8 Å². The highest BCUT2D eigenvalue weighted by atomic mass is 32.2. The number of benzene rings is 2. The largest absolute Gasteiger partial charge is 0.301 e. The highest BCUT2D eigenvalue weighted by Gasteiger charge is 2.34. The Hall–Kier alpha value is -3.36. The topological polar surface area (TPSA) is 84.8 Å². The quantitative estimate of drug-likeness (QED) is 0.252. The molecule has 0 aliphatic heterocycles. The first-order valence-electron chi connectivity index (χ1n) is 11.3. The number of hydrogen-bond donors (Lipinski definition) is 1. The summed E-state index contributed by atoms with van der Waals surface area (Å²) in [5.74, 6) is 0.0295. The number of carbonyl (C=O) groups excluding carboxylic acids is 2. The lowest BCUT2D eigenvalue weighted by atomic mass is 9.78. The van der Waals surface area contributed by atoms with E-state index >= 15 is 0 Å². The summed E-state index contributed by atoms with van der Waals surface area (Å²) in [6.07, 6.45) is 1.24. The number of rotatable bonds is 6. The number of nitrogens with zero attached hydrogens (tertiary/aromatic N) is 3. The van der Waals surface area contributed by atoms with Crippen molar-refractivity contribution in [3.05, 3.63) is 77.3 Å². The summed E-state index contributed by atoms with van der Waals surface area (Å²) in [5.41, 5.74) is 4.25. The van der Waals surface area contributed by atoms with Crippen LogP contribution in [-0.2, 0) is 11.2 Å². The molecule has 0 spiro atoms. The van der Waals surface area contributed by atoms with Crippen LogP contribution in [0.15, 0.2) is 71.9 Å². The average Bonchev–Trinajstić information content (AvgIpc) is 3.25. The number of fused-ring (bicyclic) bond motifs is 1. The third kappa shape index (κ3) is 5.49. The van der Waals surface area contributed by atoms with Crippen LogP contribution in [-0.4, -0.2) is 32.4 Å². The Kier molecular flexibility index (Phi) is 6.49. The summed E-state index contributed by atoms with van der Waals surface area (Å²) in [7, 11) is 0. The normalized spacial score (nSPS) is 14.4. The van der Waals surface area contributed by atoms with E-state index in [9.17, 15) is 9.59 Å². The van der Waals surface area contributed by atoms with Crippen molar-refractivity contribution in [3.8, 4) is 22.5 Å². The maximum absolute atomic E-state index is 12.7. The predicted molar refractivity (Wildman–Crippen MR) is 141 cm³/mol. The number of thioether (sulfide) groups is 1. The van der Waals surface area contributed by atoms with Crippen molar-refractivity contribution in [3.63, 3.8) is 0 Å². The molecule has 0 unspecified atom stereocenters. The summed E-state index contributed by atoms with van der Waals surface area (Å²) in [5, 5.41) is 3.84. The monoisotopic (exact) mass is 500 g/mol. The summed E-state index contributed by atoms with van der Waals surface area (Å²) in [6.45, 7) is 4.13. The zero-order valence-corrected chi connectivity index (χ0v) is 21.1. The molecule has 0 fully saturated rings. The number of aromatic nitrogens is 3. The van der Waals surface area contributed by atoms with Crippen molar-refractivity contribution in [2.24, 2.45) is 5.41 Å². The fraction of sp³-hybridized carbons (Fsp3) is 0.222. The smallest absolute Gasteiger partial charge is 0.236 e. The fourth-order valence-electron chi connectivity index (χ4n) is 4.06. The zero-order chi connectivity index (χ0) is 24.4. The predicted octanol–water partition coefficient (Wildman–Crippen LogP) is 6.15. The Balaban J connectivity index is 1.33. The van der Waals surface area contributed by atoms with E-state index in [1.54, 1.807) is 0 Å². The minimum absolute atomic E-state index is 0.100. The molecule has 1 aliphatic carbocycles. The molecular formula is C27H24N4O2S2. The maximum atomic E-state index is 12.7. The van der Waals surface area contributed by atoms with Crippen LogP contribution in [0.3, 0.4) is 0 Å². The van der Waals surface area contributed by atoms with Crippen molar-refractivity contribution >= 4 is 39.9 Å².